The quantitative estimate of drug-likeness (QED) is 0.677. The molecule has 1 spiro atoms. The van der Waals surface area contributed by atoms with E-state index in [2.05, 4.69) is 20.5 Å². The second kappa shape index (κ2) is 7.94. The molecule has 0 radical (unpaired) electrons. The van der Waals surface area contributed by atoms with Gasteiger partial charge in [0.1, 0.15) is 18.0 Å². The van der Waals surface area contributed by atoms with E-state index in [1.54, 1.807) is 12.1 Å². The fraction of sp³-hybridized carbons (Fsp3) is 0.556. The van der Waals surface area contributed by atoms with Crippen LogP contribution in [0.5, 0.6) is 5.88 Å². The van der Waals surface area contributed by atoms with E-state index < -0.39 is 0 Å². The van der Waals surface area contributed by atoms with Gasteiger partial charge >= 0.3 is 0 Å². The first kappa shape index (κ1) is 19.6. The molecule has 0 unspecified atom stereocenters. The van der Waals surface area contributed by atoms with Crippen LogP contribution in [0.3, 0.4) is 0 Å². The summed E-state index contributed by atoms with van der Waals surface area (Å²) in [5, 5.41) is 11.1. The SMILES string of the molecule is COc1cc(C(=O)N2CCC3(CCN(C(=O)Cn4cnnn4)C3)CC2)cc(Cl)n1. The number of methoxy groups -OCH3 is 1. The van der Waals surface area contributed by atoms with Crippen molar-refractivity contribution in [2.24, 2.45) is 5.41 Å². The second-order valence-corrected chi connectivity index (χ2v) is 7.97. The van der Waals surface area contributed by atoms with E-state index >= 15 is 0 Å². The van der Waals surface area contributed by atoms with Crippen LogP contribution >= 0.6 is 11.6 Å². The van der Waals surface area contributed by atoms with Crippen molar-refractivity contribution < 1.29 is 14.3 Å². The van der Waals surface area contributed by atoms with Crippen LogP contribution in [0.4, 0.5) is 0 Å². The molecule has 10 nitrogen and oxygen atoms in total. The van der Waals surface area contributed by atoms with E-state index in [1.807, 2.05) is 9.80 Å². The summed E-state index contributed by atoms with van der Waals surface area (Å²) in [5.41, 5.74) is 0.545. The van der Waals surface area contributed by atoms with Gasteiger partial charge in [0, 0.05) is 37.8 Å². The van der Waals surface area contributed by atoms with Gasteiger partial charge in [0.05, 0.1) is 7.11 Å². The van der Waals surface area contributed by atoms with E-state index in [9.17, 15) is 9.59 Å². The lowest BCUT2D eigenvalue weighted by Crippen LogP contribution is -2.45. The number of carbonyl (C=O) groups is 2. The van der Waals surface area contributed by atoms with Crippen LogP contribution in [0, 0.1) is 5.41 Å². The minimum absolute atomic E-state index is 0.0196. The van der Waals surface area contributed by atoms with E-state index in [0.29, 0.717) is 31.1 Å². The third kappa shape index (κ3) is 4.16. The minimum Gasteiger partial charge on any atom is -0.481 e. The van der Waals surface area contributed by atoms with Crippen LogP contribution in [0.1, 0.15) is 29.6 Å². The first-order valence-electron chi connectivity index (χ1n) is 9.47. The number of pyridine rings is 1. The predicted octanol–water partition coefficient (Wildman–Crippen LogP) is 0.885. The molecule has 2 amide bonds. The van der Waals surface area contributed by atoms with Crippen LogP contribution in [-0.2, 0) is 11.3 Å². The van der Waals surface area contributed by atoms with Crippen molar-refractivity contribution in [3.05, 3.63) is 29.2 Å². The van der Waals surface area contributed by atoms with Gasteiger partial charge in [-0.25, -0.2) is 9.67 Å². The van der Waals surface area contributed by atoms with Gasteiger partial charge in [-0.2, -0.15) is 0 Å². The number of likely N-dealkylation sites (tertiary alicyclic amines) is 2. The Morgan fingerprint density at radius 2 is 1.90 bits per heavy atom. The number of hydrogen-bond donors (Lipinski definition) is 0. The van der Waals surface area contributed by atoms with Crippen LogP contribution in [0.25, 0.3) is 0 Å². The Hall–Kier alpha value is -2.75. The Morgan fingerprint density at radius 3 is 2.55 bits per heavy atom. The lowest BCUT2D eigenvalue weighted by Gasteiger charge is -2.39. The highest BCUT2D eigenvalue weighted by Crippen LogP contribution is 2.40. The van der Waals surface area contributed by atoms with Crippen LogP contribution in [0.15, 0.2) is 18.5 Å². The van der Waals surface area contributed by atoms with Crippen LogP contribution < -0.4 is 4.74 Å². The first-order chi connectivity index (χ1) is 14.0. The average Bonchev–Trinajstić information content (AvgIpc) is 3.38. The van der Waals surface area contributed by atoms with Gasteiger partial charge in [0.15, 0.2) is 0 Å². The fourth-order valence-corrected chi connectivity index (χ4v) is 4.32. The van der Waals surface area contributed by atoms with Crippen molar-refractivity contribution in [3.63, 3.8) is 0 Å². The Kier molecular flexibility index (Phi) is 5.35. The number of ether oxygens (including phenoxy) is 1. The number of carbonyl (C=O) groups excluding carboxylic acids is 2. The zero-order chi connectivity index (χ0) is 20.4. The molecule has 2 aliphatic rings. The molecule has 0 atom stereocenters. The van der Waals surface area contributed by atoms with Crippen molar-refractivity contribution >= 4 is 23.4 Å². The van der Waals surface area contributed by atoms with E-state index in [-0.39, 0.29) is 28.9 Å². The number of aromatic nitrogens is 5. The van der Waals surface area contributed by atoms with E-state index in [0.717, 1.165) is 25.8 Å². The minimum atomic E-state index is -0.0768. The fourth-order valence-electron chi connectivity index (χ4n) is 4.12. The molecule has 2 aromatic rings. The summed E-state index contributed by atoms with van der Waals surface area (Å²) in [5.74, 6) is 0.264. The Bertz CT molecular complexity index is 897. The summed E-state index contributed by atoms with van der Waals surface area (Å²) in [7, 11) is 1.49. The molecule has 0 aromatic carbocycles. The summed E-state index contributed by atoms with van der Waals surface area (Å²) >= 11 is 5.99. The largest absolute Gasteiger partial charge is 0.481 e. The normalized spacial score (nSPS) is 18.3. The third-order valence-corrected chi connectivity index (χ3v) is 6.01. The van der Waals surface area contributed by atoms with E-state index in [4.69, 9.17) is 16.3 Å². The molecule has 0 bridgehead atoms. The average molecular weight is 420 g/mol. The van der Waals surface area contributed by atoms with Gasteiger partial charge < -0.3 is 14.5 Å². The highest BCUT2D eigenvalue weighted by atomic mass is 35.5. The number of amides is 2. The zero-order valence-electron chi connectivity index (χ0n) is 16.1. The molecular weight excluding hydrogens is 398 g/mol. The lowest BCUT2D eigenvalue weighted by molar-refractivity contribution is -0.131. The van der Waals surface area contributed by atoms with Gasteiger partial charge in [-0.1, -0.05) is 11.6 Å². The highest BCUT2D eigenvalue weighted by molar-refractivity contribution is 6.29. The van der Waals surface area contributed by atoms with E-state index in [1.165, 1.54) is 18.1 Å². The molecule has 0 aliphatic carbocycles. The second-order valence-electron chi connectivity index (χ2n) is 7.59. The number of tetrazole rings is 1. The molecule has 154 valence electrons. The first-order valence-corrected chi connectivity index (χ1v) is 9.85. The topological polar surface area (TPSA) is 106 Å². The van der Waals surface area contributed by atoms with Crippen molar-refractivity contribution in [3.8, 4) is 5.88 Å². The molecule has 0 N–H and O–H groups in total. The van der Waals surface area contributed by atoms with Crippen molar-refractivity contribution in [2.75, 3.05) is 33.3 Å². The van der Waals surface area contributed by atoms with Gasteiger partial charge in [-0.15, -0.1) is 5.10 Å². The maximum Gasteiger partial charge on any atom is 0.254 e. The van der Waals surface area contributed by atoms with Crippen molar-refractivity contribution in [2.45, 2.75) is 25.8 Å². The molecule has 2 saturated heterocycles. The third-order valence-electron chi connectivity index (χ3n) is 5.82. The molecule has 29 heavy (non-hydrogen) atoms. The number of rotatable bonds is 4. The summed E-state index contributed by atoms with van der Waals surface area (Å²) < 4.78 is 6.54. The molecule has 2 aliphatic heterocycles. The molecular formula is C18H22ClN7O3. The lowest BCUT2D eigenvalue weighted by atomic mass is 9.77. The molecule has 0 saturated carbocycles. The molecule has 2 aromatic heterocycles. The van der Waals surface area contributed by atoms with Crippen molar-refractivity contribution in [1.29, 1.82) is 0 Å². The zero-order valence-corrected chi connectivity index (χ0v) is 16.9. The maximum absolute atomic E-state index is 12.9. The van der Waals surface area contributed by atoms with Crippen molar-refractivity contribution in [1.82, 2.24) is 35.0 Å². The summed E-state index contributed by atoms with van der Waals surface area (Å²) in [6.07, 6.45) is 4.12. The van der Waals surface area contributed by atoms with Gasteiger partial charge in [-0.05, 0) is 41.2 Å². The van der Waals surface area contributed by atoms with Crippen LogP contribution in [-0.4, -0.2) is 80.1 Å². The summed E-state index contributed by atoms with van der Waals surface area (Å²) in [4.78, 5) is 33.1. The van der Waals surface area contributed by atoms with Gasteiger partial charge in [0.25, 0.3) is 5.91 Å². The Balaban J connectivity index is 1.35. The Labute approximate surface area is 172 Å². The van der Waals surface area contributed by atoms with Gasteiger partial charge in [-0.3, -0.25) is 9.59 Å². The number of halogens is 1. The number of nitrogens with zero attached hydrogens (tertiary/aromatic N) is 7. The molecule has 2 fully saturated rings. The summed E-state index contributed by atoms with van der Waals surface area (Å²) in [6, 6.07) is 3.17. The molecule has 4 rings (SSSR count). The maximum atomic E-state index is 12.9. The Morgan fingerprint density at radius 1 is 1.17 bits per heavy atom. The standard InChI is InChI=1S/C18H22ClN7O3/c1-29-15-9-13(8-14(19)21-15)17(28)24-5-2-18(3-6-24)4-7-25(11-18)16(27)10-26-12-20-22-23-26/h8-9,12H,2-7,10-11H2,1H3. The smallest absolute Gasteiger partial charge is 0.254 e. The monoisotopic (exact) mass is 419 g/mol. The number of piperidine rings is 1. The number of hydrogen-bond acceptors (Lipinski definition) is 7. The predicted molar refractivity (Wildman–Crippen MR) is 102 cm³/mol. The van der Waals surface area contributed by atoms with Gasteiger partial charge in [0.2, 0.25) is 11.8 Å². The molecule has 11 heteroatoms. The van der Waals surface area contributed by atoms with Crippen LogP contribution in [0.2, 0.25) is 5.15 Å². The summed E-state index contributed by atoms with van der Waals surface area (Å²) in [6.45, 7) is 2.89. The highest BCUT2D eigenvalue weighted by Gasteiger charge is 2.42. The molecule has 4 heterocycles.